The second-order valence-electron chi connectivity index (χ2n) is 9.43. The first kappa shape index (κ1) is 32.1. The summed E-state index contributed by atoms with van der Waals surface area (Å²) in [6, 6.07) is 26.4. The van der Waals surface area contributed by atoms with Gasteiger partial charge in [-0.25, -0.2) is 13.8 Å². The number of benzene rings is 4. The highest BCUT2D eigenvalue weighted by Gasteiger charge is 2.27. The van der Waals surface area contributed by atoms with Crippen molar-refractivity contribution in [2.75, 3.05) is 29.4 Å². The number of para-hydroxylation sites is 1. The van der Waals surface area contributed by atoms with Crippen LogP contribution in [0, 0.1) is 6.92 Å². The quantitative estimate of drug-likeness (QED) is 0.150. The van der Waals surface area contributed by atoms with Gasteiger partial charge in [-0.1, -0.05) is 41.4 Å². The number of carbonyl (C=O) groups excluding carboxylic acids is 2. The number of sulfonamides is 1. The summed E-state index contributed by atoms with van der Waals surface area (Å²) in [6.07, 6.45) is 1.41. The molecular formula is C32H31ClN4O6S. The number of hydrogen-bond acceptors (Lipinski definition) is 7. The summed E-state index contributed by atoms with van der Waals surface area (Å²) in [5, 5.41) is 7.07. The Balaban J connectivity index is 1.36. The van der Waals surface area contributed by atoms with Crippen LogP contribution in [0.1, 0.15) is 18.1 Å². The van der Waals surface area contributed by atoms with E-state index >= 15 is 0 Å². The van der Waals surface area contributed by atoms with Gasteiger partial charge in [0.1, 0.15) is 18.0 Å². The van der Waals surface area contributed by atoms with E-state index in [-0.39, 0.29) is 17.4 Å². The number of halogens is 1. The molecule has 0 aliphatic heterocycles. The van der Waals surface area contributed by atoms with Gasteiger partial charge in [0, 0.05) is 0 Å². The largest absolute Gasteiger partial charge is 0.494 e. The molecule has 0 aromatic heterocycles. The minimum absolute atomic E-state index is 0.0153. The molecule has 4 aromatic rings. The van der Waals surface area contributed by atoms with Gasteiger partial charge in [0.15, 0.2) is 6.61 Å². The SMILES string of the molecule is CCOc1ccc(S(=O)(=O)N(CC(=O)N/N=C\c2ccc(OCC(=O)Nc3ccccc3Cl)cc2)c2ccc(C)cc2)cc1. The average Bonchev–Trinajstić information content (AvgIpc) is 3.01. The van der Waals surface area contributed by atoms with E-state index in [0.29, 0.717) is 40.1 Å². The van der Waals surface area contributed by atoms with Gasteiger partial charge in [0.25, 0.3) is 21.8 Å². The number of hydrazone groups is 1. The molecule has 0 unspecified atom stereocenters. The monoisotopic (exact) mass is 634 g/mol. The second kappa shape index (κ2) is 15.0. The van der Waals surface area contributed by atoms with Crippen molar-refractivity contribution in [3.8, 4) is 11.5 Å². The second-order valence-corrected chi connectivity index (χ2v) is 11.7. The molecule has 0 saturated carbocycles. The Hall–Kier alpha value is -4.87. The van der Waals surface area contributed by atoms with E-state index in [9.17, 15) is 18.0 Å². The number of carbonyl (C=O) groups is 2. The number of hydrogen-bond donors (Lipinski definition) is 2. The maximum Gasteiger partial charge on any atom is 0.264 e. The van der Waals surface area contributed by atoms with Crippen LogP contribution in [0.3, 0.4) is 0 Å². The average molecular weight is 635 g/mol. The van der Waals surface area contributed by atoms with Crippen LogP contribution in [0.2, 0.25) is 5.02 Å². The Morgan fingerprint density at radius 2 is 1.50 bits per heavy atom. The molecule has 4 aromatic carbocycles. The number of ether oxygens (including phenoxy) is 2. The van der Waals surface area contributed by atoms with Crippen molar-refractivity contribution >= 4 is 51.0 Å². The molecule has 0 saturated heterocycles. The minimum Gasteiger partial charge on any atom is -0.494 e. The van der Waals surface area contributed by atoms with E-state index in [0.717, 1.165) is 9.87 Å². The molecule has 0 aliphatic rings. The van der Waals surface area contributed by atoms with Crippen molar-refractivity contribution in [3.63, 3.8) is 0 Å². The zero-order chi connectivity index (χ0) is 31.5. The molecule has 0 spiro atoms. The van der Waals surface area contributed by atoms with Crippen molar-refractivity contribution < 1.29 is 27.5 Å². The van der Waals surface area contributed by atoms with Crippen molar-refractivity contribution in [2.45, 2.75) is 18.7 Å². The smallest absolute Gasteiger partial charge is 0.264 e. The summed E-state index contributed by atoms with van der Waals surface area (Å²) < 4.78 is 39.1. The lowest BCUT2D eigenvalue weighted by Gasteiger charge is -2.24. The van der Waals surface area contributed by atoms with Crippen molar-refractivity contribution in [2.24, 2.45) is 5.10 Å². The zero-order valence-corrected chi connectivity index (χ0v) is 25.6. The fourth-order valence-corrected chi connectivity index (χ4v) is 5.52. The van der Waals surface area contributed by atoms with Gasteiger partial charge in [0.05, 0.1) is 34.1 Å². The minimum atomic E-state index is -4.09. The van der Waals surface area contributed by atoms with Crippen LogP contribution in [0.15, 0.2) is 107 Å². The van der Waals surface area contributed by atoms with Gasteiger partial charge in [-0.15, -0.1) is 0 Å². The van der Waals surface area contributed by atoms with E-state index < -0.39 is 22.5 Å². The molecule has 0 atom stereocenters. The van der Waals surface area contributed by atoms with Gasteiger partial charge in [-0.2, -0.15) is 5.10 Å². The molecule has 0 radical (unpaired) electrons. The van der Waals surface area contributed by atoms with Crippen LogP contribution in [0.5, 0.6) is 11.5 Å². The molecule has 0 aliphatic carbocycles. The van der Waals surface area contributed by atoms with E-state index in [2.05, 4.69) is 15.8 Å². The molecular weight excluding hydrogens is 604 g/mol. The number of anilines is 2. The molecule has 2 N–H and O–H groups in total. The number of rotatable bonds is 13. The van der Waals surface area contributed by atoms with Crippen molar-refractivity contribution in [1.82, 2.24) is 5.43 Å². The van der Waals surface area contributed by atoms with Gasteiger partial charge in [0.2, 0.25) is 0 Å². The number of nitrogens with one attached hydrogen (secondary N) is 2. The molecule has 4 rings (SSSR count). The Labute approximate surface area is 261 Å². The Morgan fingerprint density at radius 3 is 2.16 bits per heavy atom. The van der Waals surface area contributed by atoms with Gasteiger partial charge in [-0.3, -0.25) is 13.9 Å². The van der Waals surface area contributed by atoms with Crippen LogP contribution < -0.4 is 24.5 Å². The lowest BCUT2D eigenvalue weighted by molar-refractivity contribution is -0.119. The summed E-state index contributed by atoms with van der Waals surface area (Å²) in [4.78, 5) is 25.0. The molecule has 44 heavy (non-hydrogen) atoms. The highest BCUT2D eigenvalue weighted by molar-refractivity contribution is 7.92. The highest BCUT2D eigenvalue weighted by Crippen LogP contribution is 2.26. The van der Waals surface area contributed by atoms with Crippen molar-refractivity contribution in [1.29, 1.82) is 0 Å². The fourth-order valence-electron chi connectivity index (χ4n) is 3.92. The topological polar surface area (TPSA) is 126 Å². The van der Waals surface area contributed by atoms with Crippen LogP contribution >= 0.6 is 11.6 Å². The van der Waals surface area contributed by atoms with Gasteiger partial charge in [-0.05, 0) is 92.2 Å². The number of amides is 2. The first-order valence-corrected chi connectivity index (χ1v) is 15.4. The third-order valence-corrected chi connectivity index (χ3v) is 8.25. The fraction of sp³-hybridized carbons (Fsp3) is 0.156. The maximum atomic E-state index is 13.6. The summed E-state index contributed by atoms with van der Waals surface area (Å²) in [5.74, 6) is -0.0100. The normalized spacial score (nSPS) is 11.2. The standard InChI is InChI=1S/C32H31ClN4O6S/c1-3-42-26-16-18-28(19-17-26)44(40,41)37(25-12-8-23(2)9-13-25)21-31(38)36-34-20-24-10-14-27(15-11-24)43-22-32(39)35-30-7-5-4-6-29(30)33/h4-20H,3,21-22H2,1-2H3,(H,35,39)(H,36,38)/b34-20-. The number of nitrogens with zero attached hydrogens (tertiary/aromatic N) is 2. The lowest BCUT2D eigenvalue weighted by Crippen LogP contribution is -2.39. The summed E-state index contributed by atoms with van der Waals surface area (Å²) in [5.41, 5.74) is 4.79. The maximum absolute atomic E-state index is 13.6. The van der Waals surface area contributed by atoms with Crippen LogP contribution in [-0.4, -0.2) is 46.2 Å². The third kappa shape index (κ3) is 8.82. The predicted octanol–water partition coefficient (Wildman–Crippen LogP) is 5.41. The molecule has 10 nitrogen and oxygen atoms in total. The van der Waals surface area contributed by atoms with E-state index in [1.165, 1.54) is 18.3 Å². The molecule has 12 heteroatoms. The summed E-state index contributed by atoms with van der Waals surface area (Å²) in [7, 11) is -4.09. The Kier molecular flexibility index (Phi) is 11.0. The van der Waals surface area contributed by atoms with Gasteiger partial charge < -0.3 is 14.8 Å². The Bertz CT molecular complexity index is 1710. The highest BCUT2D eigenvalue weighted by atomic mass is 35.5. The lowest BCUT2D eigenvalue weighted by atomic mass is 10.2. The first-order valence-electron chi connectivity index (χ1n) is 13.6. The zero-order valence-electron chi connectivity index (χ0n) is 24.1. The molecule has 228 valence electrons. The third-order valence-electron chi connectivity index (χ3n) is 6.13. The predicted molar refractivity (Wildman–Crippen MR) is 171 cm³/mol. The van der Waals surface area contributed by atoms with Crippen LogP contribution in [-0.2, 0) is 19.6 Å². The van der Waals surface area contributed by atoms with Crippen molar-refractivity contribution in [3.05, 3.63) is 113 Å². The molecule has 0 heterocycles. The summed E-state index contributed by atoms with van der Waals surface area (Å²) in [6.45, 7) is 3.45. The molecule has 0 bridgehead atoms. The number of aryl methyl sites for hydroxylation is 1. The summed E-state index contributed by atoms with van der Waals surface area (Å²) >= 11 is 6.05. The van der Waals surface area contributed by atoms with E-state index in [4.69, 9.17) is 21.1 Å². The van der Waals surface area contributed by atoms with Crippen LogP contribution in [0.4, 0.5) is 11.4 Å². The Morgan fingerprint density at radius 1 is 0.864 bits per heavy atom. The van der Waals surface area contributed by atoms with Crippen LogP contribution in [0.25, 0.3) is 0 Å². The molecule has 2 amide bonds. The van der Waals surface area contributed by atoms with E-state index in [1.54, 1.807) is 84.9 Å². The van der Waals surface area contributed by atoms with Gasteiger partial charge >= 0.3 is 0 Å². The van der Waals surface area contributed by atoms with E-state index in [1.807, 2.05) is 13.8 Å². The molecule has 0 fully saturated rings. The first-order chi connectivity index (χ1) is 21.2.